The Morgan fingerprint density at radius 3 is 3.19 bits per heavy atom. The topological polar surface area (TPSA) is 45.6 Å². The van der Waals surface area contributed by atoms with Crippen molar-refractivity contribution < 1.29 is 9.84 Å². The lowest BCUT2D eigenvalue weighted by molar-refractivity contribution is 0.0663. The molecule has 2 aromatic rings. The Kier molecular flexibility index (Phi) is 4.53. The van der Waals surface area contributed by atoms with Crippen LogP contribution in [0.1, 0.15) is 18.5 Å². The molecule has 112 valence electrons. The van der Waals surface area contributed by atoms with Gasteiger partial charge in [-0.2, -0.15) is 0 Å². The van der Waals surface area contributed by atoms with Gasteiger partial charge in [0.2, 0.25) is 0 Å². The van der Waals surface area contributed by atoms with Gasteiger partial charge in [-0.1, -0.05) is 12.1 Å². The highest BCUT2D eigenvalue weighted by Crippen LogP contribution is 2.27. The highest BCUT2D eigenvalue weighted by atomic mass is 32.1. The molecule has 1 aromatic carbocycles. The first-order chi connectivity index (χ1) is 10.2. The number of β-amino-alcohol motifs (C(OH)–C–C–N with tert-alkyl or cyclic N) is 1. The minimum absolute atomic E-state index is 0.185. The minimum Gasteiger partial charge on any atom is -0.497 e. The van der Waals surface area contributed by atoms with Crippen molar-refractivity contribution >= 4 is 11.3 Å². The average Bonchev–Trinajstić information content (AvgIpc) is 2.96. The van der Waals surface area contributed by atoms with Gasteiger partial charge in [0.15, 0.2) is 0 Å². The predicted molar refractivity (Wildman–Crippen MR) is 84.6 cm³/mol. The van der Waals surface area contributed by atoms with Gasteiger partial charge in [0.1, 0.15) is 10.8 Å². The second-order valence-corrected chi connectivity index (χ2v) is 6.27. The first-order valence-corrected chi connectivity index (χ1v) is 8.12. The number of ether oxygens (including phenoxy) is 1. The Bertz CT molecular complexity index is 599. The lowest BCUT2D eigenvalue weighted by Crippen LogP contribution is -2.37. The van der Waals surface area contributed by atoms with Crippen LogP contribution in [0.3, 0.4) is 0 Å². The summed E-state index contributed by atoms with van der Waals surface area (Å²) in [6.45, 7) is 2.62. The SMILES string of the molecule is COc1cccc(-c2nc(CN3CCC[C@H](O)C3)cs2)c1. The average molecular weight is 304 g/mol. The Morgan fingerprint density at radius 2 is 2.38 bits per heavy atom. The number of aliphatic hydroxyl groups is 1. The standard InChI is InChI=1S/C16H20N2O2S/c1-20-15-6-2-4-12(8-15)16-17-13(11-21-16)9-18-7-3-5-14(19)10-18/h2,4,6,8,11,14,19H,3,5,7,9-10H2,1H3/t14-/m0/s1. The Balaban J connectivity index is 1.70. The van der Waals surface area contributed by atoms with Crippen LogP contribution < -0.4 is 4.74 Å². The molecular weight excluding hydrogens is 284 g/mol. The summed E-state index contributed by atoms with van der Waals surface area (Å²) in [5.41, 5.74) is 2.16. The summed E-state index contributed by atoms with van der Waals surface area (Å²) < 4.78 is 5.26. The zero-order valence-electron chi connectivity index (χ0n) is 12.2. The van der Waals surface area contributed by atoms with E-state index in [1.54, 1.807) is 18.4 Å². The first-order valence-electron chi connectivity index (χ1n) is 7.24. The van der Waals surface area contributed by atoms with Crippen LogP contribution in [0, 0.1) is 0 Å². The highest BCUT2D eigenvalue weighted by molar-refractivity contribution is 7.13. The van der Waals surface area contributed by atoms with Gasteiger partial charge in [-0.25, -0.2) is 4.98 Å². The van der Waals surface area contributed by atoms with Crippen LogP contribution in [0.2, 0.25) is 0 Å². The first kappa shape index (κ1) is 14.5. The molecule has 1 aromatic heterocycles. The maximum atomic E-state index is 9.73. The third-order valence-corrected chi connectivity index (χ3v) is 4.67. The summed E-state index contributed by atoms with van der Waals surface area (Å²) in [7, 11) is 1.67. The maximum absolute atomic E-state index is 9.73. The van der Waals surface area contributed by atoms with Crippen LogP contribution in [-0.4, -0.2) is 41.3 Å². The van der Waals surface area contributed by atoms with Crippen molar-refractivity contribution in [1.82, 2.24) is 9.88 Å². The zero-order valence-corrected chi connectivity index (χ0v) is 13.0. The molecule has 0 saturated carbocycles. The van der Waals surface area contributed by atoms with Crippen molar-refractivity contribution in [2.45, 2.75) is 25.5 Å². The number of hydrogen-bond donors (Lipinski definition) is 1. The summed E-state index contributed by atoms with van der Waals surface area (Å²) >= 11 is 1.66. The summed E-state index contributed by atoms with van der Waals surface area (Å²) in [4.78, 5) is 6.99. The molecule has 5 heteroatoms. The third kappa shape index (κ3) is 3.61. The number of nitrogens with zero attached hydrogens (tertiary/aromatic N) is 2. The number of piperidine rings is 1. The molecule has 0 bridgehead atoms. The molecule has 0 aliphatic carbocycles. The van der Waals surface area contributed by atoms with E-state index < -0.39 is 0 Å². The van der Waals surface area contributed by atoms with Crippen molar-refractivity contribution in [2.24, 2.45) is 0 Å². The normalized spacial score (nSPS) is 19.6. The second-order valence-electron chi connectivity index (χ2n) is 5.41. The molecule has 1 fully saturated rings. The molecule has 0 amide bonds. The van der Waals surface area contributed by atoms with Crippen molar-refractivity contribution in [3.8, 4) is 16.3 Å². The molecule has 21 heavy (non-hydrogen) atoms. The summed E-state index contributed by atoms with van der Waals surface area (Å²) in [6, 6.07) is 7.98. The Morgan fingerprint density at radius 1 is 1.48 bits per heavy atom. The Hall–Kier alpha value is -1.43. The molecule has 4 nitrogen and oxygen atoms in total. The zero-order chi connectivity index (χ0) is 14.7. The van der Waals surface area contributed by atoms with Gasteiger partial charge in [-0.15, -0.1) is 11.3 Å². The van der Waals surface area contributed by atoms with E-state index >= 15 is 0 Å². The van der Waals surface area contributed by atoms with E-state index in [-0.39, 0.29) is 6.10 Å². The molecule has 1 N–H and O–H groups in total. The summed E-state index contributed by atoms with van der Waals surface area (Å²) in [6.07, 6.45) is 1.80. The van der Waals surface area contributed by atoms with E-state index in [2.05, 4.69) is 16.3 Å². The number of rotatable bonds is 4. The van der Waals surface area contributed by atoms with E-state index in [0.717, 1.165) is 54.5 Å². The van der Waals surface area contributed by atoms with Gasteiger partial charge < -0.3 is 9.84 Å². The summed E-state index contributed by atoms with van der Waals surface area (Å²) in [5, 5.41) is 12.8. The Labute approximate surface area is 129 Å². The molecule has 1 aliphatic heterocycles. The van der Waals surface area contributed by atoms with E-state index in [1.807, 2.05) is 18.2 Å². The largest absolute Gasteiger partial charge is 0.497 e. The molecule has 2 heterocycles. The van der Waals surface area contributed by atoms with Crippen LogP contribution in [0.25, 0.3) is 10.6 Å². The molecule has 1 saturated heterocycles. The number of aliphatic hydroxyl groups excluding tert-OH is 1. The van der Waals surface area contributed by atoms with Crippen LogP contribution in [0.5, 0.6) is 5.75 Å². The van der Waals surface area contributed by atoms with E-state index in [0.29, 0.717) is 0 Å². The number of benzene rings is 1. The molecule has 1 aliphatic rings. The smallest absolute Gasteiger partial charge is 0.123 e. The monoisotopic (exact) mass is 304 g/mol. The molecule has 3 rings (SSSR count). The number of methoxy groups -OCH3 is 1. The van der Waals surface area contributed by atoms with Crippen LogP contribution in [0.15, 0.2) is 29.6 Å². The van der Waals surface area contributed by atoms with Gasteiger partial charge in [0.25, 0.3) is 0 Å². The number of hydrogen-bond acceptors (Lipinski definition) is 5. The van der Waals surface area contributed by atoms with E-state index in [9.17, 15) is 5.11 Å². The fourth-order valence-electron chi connectivity index (χ4n) is 2.67. The third-order valence-electron chi connectivity index (χ3n) is 3.73. The molecular formula is C16H20N2O2S. The molecule has 0 spiro atoms. The number of thiazole rings is 1. The molecule has 0 unspecified atom stereocenters. The van der Waals surface area contributed by atoms with Crippen LogP contribution >= 0.6 is 11.3 Å². The van der Waals surface area contributed by atoms with Crippen molar-refractivity contribution in [1.29, 1.82) is 0 Å². The van der Waals surface area contributed by atoms with Gasteiger partial charge >= 0.3 is 0 Å². The minimum atomic E-state index is -0.185. The van der Waals surface area contributed by atoms with Crippen molar-refractivity contribution in [2.75, 3.05) is 20.2 Å². The summed E-state index contributed by atoms with van der Waals surface area (Å²) in [5.74, 6) is 0.850. The highest BCUT2D eigenvalue weighted by Gasteiger charge is 2.18. The van der Waals surface area contributed by atoms with E-state index in [4.69, 9.17) is 9.72 Å². The number of aromatic nitrogens is 1. The molecule has 1 atom stereocenters. The van der Waals surface area contributed by atoms with E-state index in [1.165, 1.54) is 0 Å². The lowest BCUT2D eigenvalue weighted by atomic mass is 10.1. The fourth-order valence-corrected chi connectivity index (χ4v) is 3.48. The molecule has 0 radical (unpaired) electrons. The van der Waals surface area contributed by atoms with Crippen LogP contribution in [0.4, 0.5) is 0 Å². The fraction of sp³-hybridized carbons (Fsp3) is 0.438. The van der Waals surface area contributed by atoms with Gasteiger partial charge in [-0.3, -0.25) is 4.90 Å². The predicted octanol–water partition coefficient (Wildman–Crippen LogP) is 2.78. The van der Waals surface area contributed by atoms with Gasteiger partial charge in [-0.05, 0) is 31.5 Å². The van der Waals surface area contributed by atoms with Crippen molar-refractivity contribution in [3.63, 3.8) is 0 Å². The quantitative estimate of drug-likeness (QED) is 0.943. The maximum Gasteiger partial charge on any atom is 0.123 e. The van der Waals surface area contributed by atoms with Crippen LogP contribution in [-0.2, 0) is 6.54 Å². The van der Waals surface area contributed by atoms with Gasteiger partial charge in [0.05, 0.1) is 18.9 Å². The van der Waals surface area contributed by atoms with Gasteiger partial charge in [0, 0.05) is 24.0 Å². The second kappa shape index (κ2) is 6.56. The van der Waals surface area contributed by atoms with Crippen molar-refractivity contribution in [3.05, 3.63) is 35.3 Å². The number of likely N-dealkylation sites (tertiary alicyclic amines) is 1. The lowest BCUT2D eigenvalue weighted by Gasteiger charge is -2.29.